The van der Waals surface area contributed by atoms with E-state index in [1.807, 2.05) is 6.92 Å². The monoisotopic (exact) mass is 236 g/mol. The van der Waals surface area contributed by atoms with Gasteiger partial charge in [-0.3, -0.25) is 10.1 Å². The summed E-state index contributed by atoms with van der Waals surface area (Å²) in [5, 5.41) is 10.8. The number of nitro groups is 1. The zero-order valence-corrected chi connectivity index (χ0v) is 9.97. The molecular formula is C12H16N2O3. The molecule has 0 spiro atoms. The average molecular weight is 236 g/mol. The van der Waals surface area contributed by atoms with Crippen molar-refractivity contribution in [1.29, 1.82) is 0 Å². The zero-order valence-electron chi connectivity index (χ0n) is 9.97. The van der Waals surface area contributed by atoms with E-state index in [0.717, 1.165) is 18.4 Å². The summed E-state index contributed by atoms with van der Waals surface area (Å²) in [5.41, 5.74) is 6.80. The molecule has 17 heavy (non-hydrogen) atoms. The Kier molecular flexibility index (Phi) is 2.79. The summed E-state index contributed by atoms with van der Waals surface area (Å²) >= 11 is 0. The number of nitro benzene ring substituents is 1. The zero-order chi connectivity index (χ0) is 12.6. The number of methoxy groups -OCH3 is 1. The van der Waals surface area contributed by atoms with Gasteiger partial charge in [-0.25, -0.2) is 0 Å². The van der Waals surface area contributed by atoms with Gasteiger partial charge in [0, 0.05) is 29.2 Å². The molecule has 0 amide bonds. The molecule has 1 aliphatic rings. The van der Waals surface area contributed by atoms with Gasteiger partial charge in [-0.2, -0.15) is 0 Å². The Labute approximate surface area is 99.7 Å². The number of non-ortho nitro benzene ring substituents is 1. The molecule has 2 rings (SSSR count). The summed E-state index contributed by atoms with van der Waals surface area (Å²) in [6, 6.07) is 4.67. The smallest absolute Gasteiger partial charge is 0.269 e. The van der Waals surface area contributed by atoms with Crippen molar-refractivity contribution in [3.8, 4) is 5.75 Å². The minimum atomic E-state index is -0.389. The molecule has 1 saturated carbocycles. The summed E-state index contributed by atoms with van der Waals surface area (Å²) < 4.78 is 5.28. The van der Waals surface area contributed by atoms with E-state index in [2.05, 4.69) is 0 Å². The second kappa shape index (κ2) is 4.00. The van der Waals surface area contributed by atoms with Crippen molar-refractivity contribution >= 4 is 5.69 Å². The van der Waals surface area contributed by atoms with E-state index < -0.39 is 0 Å². The molecule has 1 aliphatic carbocycles. The van der Waals surface area contributed by atoms with Crippen LogP contribution in [-0.4, -0.2) is 18.1 Å². The van der Waals surface area contributed by atoms with Crippen molar-refractivity contribution in [3.05, 3.63) is 33.9 Å². The molecule has 92 valence electrons. The normalized spacial score (nSPS) is 18.5. The quantitative estimate of drug-likeness (QED) is 0.640. The van der Waals surface area contributed by atoms with Crippen LogP contribution < -0.4 is 10.5 Å². The van der Waals surface area contributed by atoms with Crippen LogP contribution in [0.2, 0.25) is 0 Å². The molecule has 0 aliphatic heterocycles. The van der Waals surface area contributed by atoms with Gasteiger partial charge in [0.15, 0.2) is 0 Å². The highest BCUT2D eigenvalue weighted by Gasteiger charge is 2.49. The lowest BCUT2D eigenvalue weighted by Gasteiger charge is -2.22. The van der Waals surface area contributed by atoms with Crippen LogP contribution in [0, 0.1) is 10.1 Å². The van der Waals surface area contributed by atoms with E-state index >= 15 is 0 Å². The van der Waals surface area contributed by atoms with Crippen molar-refractivity contribution in [1.82, 2.24) is 0 Å². The van der Waals surface area contributed by atoms with Gasteiger partial charge in [0.2, 0.25) is 0 Å². The van der Waals surface area contributed by atoms with Crippen molar-refractivity contribution in [2.24, 2.45) is 5.73 Å². The topological polar surface area (TPSA) is 78.4 Å². The Bertz CT molecular complexity index is 453. The number of ether oxygens (including phenoxy) is 1. The minimum Gasteiger partial charge on any atom is -0.496 e. The van der Waals surface area contributed by atoms with Gasteiger partial charge in [-0.05, 0) is 25.8 Å². The number of nitrogens with two attached hydrogens (primary N) is 1. The van der Waals surface area contributed by atoms with E-state index in [4.69, 9.17) is 10.5 Å². The van der Waals surface area contributed by atoms with Crippen molar-refractivity contribution in [2.45, 2.75) is 31.2 Å². The van der Waals surface area contributed by atoms with Gasteiger partial charge in [0.1, 0.15) is 5.75 Å². The van der Waals surface area contributed by atoms with Crippen LogP contribution in [0.1, 0.15) is 25.3 Å². The molecule has 1 unspecified atom stereocenters. The van der Waals surface area contributed by atoms with Gasteiger partial charge in [-0.1, -0.05) is 0 Å². The third-order valence-corrected chi connectivity index (χ3v) is 3.59. The Hall–Kier alpha value is -1.62. The largest absolute Gasteiger partial charge is 0.496 e. The predicted octanol–water partition coefficient (Wildman–Crippen LogP) is 1.98. The van der Waals surface area contributed by atoms with Crippen LogP contribution in [0.3, 0.4) is 0 Å². The first kappa shape index (κ1) is 11.9. The minimum absolute atomic E-state index is 0.0293. The lowest BCUT2D eigenvalue weighted by Crippen LogP contribution is -2.31. The second-order valence-corrected chi connectivity index (χ2v) is 4.59. The third-order valence-electron chi connectivity index (χ3n) is 3.59. The van der Waals surface area contributed by atoms with Crippen molar-refractivity contribution < 1.29 is 9.66 Å². The molecule has 0 heterocycles. The standard InChI is InChI=1S/C12H16N2O3/c1-8(13)12(5-6-12)10-7-9(14(15)16)3-4-11(10)17-2/h3-4,7-8H,5-6,13H2,1-2H3. The first-order valence-electron chi connectivity index (χ1n) is 5.60. The molecular weight excluding hydrogens is 220 g/mol. The van der Waals surface area contributed by atoms with Crippen LogP contribution in [0.4, 0.5) is 5.69 Å². The Morgan fingerprint density at radius 2 is 2.18 bits per heavy atom. The summed E-state index contributed by atoms with van der Waals surface area (Å²) in [4.78, 5) is 10.4. The van der Waals surface area contributed by atoms with Gasteiger partial charge in [0.05, 0.1) is 12.0 Å². The summed E-state index contributed by atoms with van der Waals surface area (Å²) in [6.07, 6.45) is 1.92. The van der Waals surface area contributed by atoms with E-state index in [1.54, 1.807) is 19.2 Å². The van der Waals surface area contributed by atoms with Crippen molar-refractivity contribution in [2.75, 3.05) is 7.11 Å². The lowest BCUT2D eigenvalue weighted by molar-refractivity contribution is -0.385. The lowest BCUT2D eigenvalue weighted by atomic mass is 9.88. The predicted molar refractivity (Wildman–Crippen MR) is 64.2 cm³/mol. The average Bonchev–Trinajstić information content (AvgIpc) is 3.09. The van der Waals surface area contributed by atoms with Gasteiger partial charge in [0.25, 0.3) is 5.69 Å². The van der Waals surface area contributed by atoms with E-state index in [0.29, 0.717) is 5.75 Å². The Morgan fingerprint density at radius 1 is 1.53 bits per heavy atom. The van der Waals surface area contributed by atoms with Gasteiger partial charge < -0.3 is 10.5 Å². The number of nitrogens with zero attached hydrogens (tertiary/aromatic N) is 1. The number of benzene rings is 1. The fraction of sp³-hybridized carbons (Fsp3) is 0.500. The molecule has 1 fully saturated rings. The first-order valence-corrected chi connectivity index (χ1v) is 5.60. The molecule has 0 bridgehead atoms. The molecule has 0 aromatic heterocycles. The number of rotatable bonds is 4. The fourth-order valence-electron chi connectivity index (χ4n) is 2.30. The molecule has 1 aromatic rings. The Morgan fingerprint density at radius 3 is 2.59 bits per heavy atom. The molecule has 1 atom stereocenters. The summed E-state index contributed by atoms with van der Waals surface area (Å²) in [7, 11) is 1.57. The highest BCUT2D eigenvalue weighted by molar-refractivity contribution is 5.51. The fourth-order valence-corrected chi connectivity index (χ4v) is 2.30. The molecule has 5 heteroatoms. The molecule has 2 N–H and O–H groups in total. The highest BCUT2D eigenvalue weighted by Crippen LogP contribution is 2.53. The number of hydrogen-bond donors (Lipinski definition) is 1. The van der Waals surface area contributed by atoms with Crippen molar-refractivity contribution in [3.63, 3.8) is 0 Å². The molecule has 0 radical (unpaired) electrons. The van der Waals surface area contributed by atoms with Crippen LogP contribution >= 0.6 is 0 Å². The van der Waals surface area contributed by atoms with Crippen LogP contribution in [-0.2, 0) is 5.41 Å². The highest BCUT2D eigenvalue weighted by atomic mass is 16.6. The second-order valence-electron chi connectivity index (χ2n) is 4.59. The van der Waals surface area contributed by atoms with Crippen LogP contribution in [0.25, 0.3) is 0 Å². The molecule has 0 saturated heterocycles. The Balaban J connectivity index is 2.50. The number of hydrogen-bond acceptors (Lipinski definition) is 4. The third kappa shape index (κ3) is 1.86. The summed E-state index contributed by atoms with van der Waals surface area (Å²) in [5.74, 6) is 0.686. The van der Waals surface area contributed by atoms with E-state index in [9.17, 15) is 10.1 Å². The van der Waals surface area contributed by atoms with Crippen LogP contribution in [0.15, 0.2) is 18.2 Å². The SMILES string of the molecule is COc1ccc([N+](=O)[O-])cc1C1(C(C)N)CC1. The first-order chi connectivity index (χ1) is 8.01. The van der Waals surface area contributed by atoms with E-state index in [-0.39, 0.29) is 22.1 Å². The maximum atomic E-state index is 10.8. The molecule has 1 aromatic carbocycles. The maximum Gasteiger partial charge on any atom is 0.269 e. The molecule has 5 nitrogen and oxygen atoms in total. The maximum absolute atomic E-state index is 10.8. The van der Waals surface area contributed by atoms with Gasteiger partial charge in [-0.15, -0.1) is 0 Å². The van der Waals surface area contributed by atoms with E-state index in [1.165, 1.54) is 6.07 Å². The summed E-state index contributed by atoms with van der Waals surface area (Å²) in [6.45, 7) is 1.94. The van der Waals surface area contributed by atoms with Gasteiger partial charge >= 0.3 is 0 Å². The van der Waals surface area contributed by atoms with Crippen LogP contribution in [0.5, 0.6) is 5.75 Å².